The van der Waals surface area contributed by atoms with Gasteiger partial charge in [-0.2, -0.15) is 0 Å². The number of fused-ring (bicyclic) bond motifs is 1. The molecule has 1 saturated heterocycles. The van der Waals surface area contributed by atoms with E-state index in [0.29, 0.717) is 18.8 Å². The van der Waals surface area contributed by atoms with E-state index in [1.807, 2.05) is 55.5 Å². The first-order chi connectivity index (χ1) is 13.1. The van der Waals surface area contributed by atoms with Crippen LogP contribution in [0.3, 0.4) is 0 Å². The van der Waals surface area contributed by atoms with E-state index in [-0.39, 0.29) is 30.2 Å². The number of hydrogen-bond acceptors (Lipinski definition) is 4. The summed E-state index contributed by atoms with van der Waals surface area (Å²) in [5.74, 6) is 0.212. The van der Waals surface area contributed by atoms with Crippen LogP contribution in [-0.4, -0.2) is 28.2 Å². The Morgan fingerprint density at radius 2 is 2.11 bits per heavy atom. The van der Waals surface area contributed by atoms with Crippen molar-refractivity contribution in [3.05, 3.63) is 66.2 Å². The van der Waals surface area contributed by atoms with Crippen LogP contribution in [0.25, 0.3) is 11.0 Å². The SMILES string of the molecule is C[C@@H](NC(=O)[C@H]1CC(=O)N(Cc2ccccn2)C1)c1cc2ccccc2o1. The summed E-state index contributed by atoms with van der Waals surface area (Å²) >= 11 is 0. The van der Waals surface area contributed by atoms with Gasteiger partial charge in [0.25, 0.3) is 0 Å². The Bertz CT molecular complexity index is 934. The van der Waals surface area contributed by atoms with Crippen LogP contribution in [-0.2, 0) is 16.1 Å². The maximum Gasteiger partial charge on any atom is 0.226 e. The van der Waals surface area contributed by atoms with Gasteiger partial charge in [0.1, 0.15) is 11.3 Å². The summed E-state index contributed by atoms with van der Waals surface area (Å²) < 4.78 is 5.81. The lowest BCUT2D eigenvalue weighted by Crippen LogP contribution is -2.34. The number of carbonyl (C=O) groups is 2. The molecule has 3 heterocycles. The normalized spacial score (nSPS) is 18.0. The molecule has 0 radical (unpaired) electrons. The van der Waals surface area contributed by atoms with Crippen LogP contribution in [0.15, 0.2) is 59.1 Å². The third-order valence-corrected chi connectivity index (χ3v) is 4.89. The van der Waals surface area contributed by atoms with Crippen molar-refractivity contribution in [2.75, 3.05) is 6.54 Å². The largest absolute Gasteiger partial charge is 0.459 e. The van der Waals surface area contributed by atoms with Gasteiger partial charge in [-0.15, -0.1) is 0 Å². The average molecular weight is 363 g/mol. The van der Waals surface area contributed by atoms with Crippen LogP contribution in [0.4, 0.5) is 0 Å². The van der Waals surface area contributed by atoms with Gasteiger partial charge in [-0.25, -0.2) is 0 Å². The molecule has 2 amide bonds. The van der Waals surface area contributed by atoms with E-state index in [0.717, 1.165) is 16.7 Å². The predicted molar refractivity (Wildman–Crippen MR) is 101 cm³/mol. The number of nitrogens with zero attached hydrogens (tertiary/aromatic N) is 2. The van der Waals surface area contributed by atoms with Gasteiger partial charge < -0.3 is 14.6 Å². The molecule has 0 spiro atoms. The zero-order chi connectivity index (χ0) is 18.8. The van der Waals surface area contributed by atoms with Gasteiger partial charge in [0.05, 0.1) is 24.2 Å². The number of benzene rings is 1. The van der Waals surface area contributed by atoms with E-state index in [4.69, 9.17) is 4.42 Å². The summed E-state index contributed by atoms with van der Waals surface area (Å²) in [5.41, 5.74) is 1.62. The summed E-state index contributed by atoms with van der Waals surface area (Å²) in [6.07, 6.45) is 1.93. The lowest BCUT2D eigenvalue weighted by molar-refractivity contribution is -0.129. The van der Waals surface area contributed by atoms with Crippen LogP contribution in [0.5, 0.6) is 0 Å². The van der Waals surface area contributed by atoms with Gasteiger partial charge in [-0.05, 0) is 31.2 Å². The molecule has 1 fully saturated rings. The molecular weight excluding hydrogens is 342 g/mol. The Morgan fingerprint density at radius 1 is 1.30 bits per heavy atom. The van der Waals surface area contributed by atoms with Crippen LogP contribution >= 0.6 is 0 Å². The van der Waals surface area contributed by atoms with Crippen molar-refractivity contribution in [1.82, 2.24) is 15.2 Å². The summed E-state index contributed by atoms with van der Waals surface area (Å²) in [7, 11) is 0. The number of furan rings is 1. The van der Waals surface area contributed by atoms with Crippen molar-refractivity contribution in [2.45, 2.75) is 25.9 Å². The molecule has 6 nitrogen and oxygen atoms in total. The molecule has 6 heteroatoms. The highest BCUT2D eigenvalue weighted by molar-refractivity contribution is 5.89. The first kappa shape index (κ1) is 17.3. The Kier molecular flexibility index (Phi) is 4.62. The number of rotatable bonds is 5. The van der Waals surface area contributed by atoms with Gasteiger partial charge in [0, 0.05) is 24.5 Å². The quantitative estimate of drug-likeness (QED) is 0.756. The van der Waals surface area contributed by atoms with Crippen LogP contribution in [0.2, 0.25) is 0 Å². The lowest BCUT2D eigenvalue weighted by atomic mass is 10.1. The Balaban J connectivity index is 1.38. The minimum Gasteiger partial charge on any atom is -0.459 e. The first-order valence-corrected chi connectivity index (χ1v) is 9.06. The number of likely N-dealkylation sites (tertiary alicyclic amines) is 1. The van der Waals surface area contributed by atoms with Crippen molar-refractivity contribution >= 4 is 22.8 Å². The van der Waals surface area contributed by atoms with Gasteiger partial charge in [0.2, 0.25) is 11.8 Å². The topological polar surface area (TPSA) is 75.4 Å². The molecule has 0 unspecified atom stereocenters. The monoisotopic (exact) mass is 363 g/mol. The standard InChI is InChI=1S/C21H21N3O3/c1-14(19-10-15-6-2-3-8-18(15)27-19)23-21(26)16-11-20(25)24(12-16)13-17-7-4-5-9-22-17/h2-10,14,16H,11-13H2,1H3,(H,23,26)/t14-,16+/m1/s1. The van der Waals surface area contributed by atoms with Gasteiger partial charge in [-0.1, -0.05) is 24.3 Å². The second-order valence-corrected chi connectivity index (χ2v) is 6.91. The van der Waals surface area contributed by atoms with E-state index < -0.39 is 0 Å². The lowest BCUT2D eigenvalue weighted by Gasteiger charge is -2.17. The Hall–Kier alpha value is -3.15. The molecule has 2 atom stereocenters. The fourth-order valence-electron chi connectivity index (χ4n) is 3.41. The minimum absolute atomic E-state index is 0.0165. The molecule has 1 N–H and O–H groups in total. The number of nitrogens with one attached hydrogen (secondary N) is 1. The molecule has 1 aliphatic rings. The maximum absolute atomic E-state index is 12.6. The minimum atomic E-state index is -0.354. The number of hydrogen-bond donors (Lipinski definition) is 1. The molecule has 27 heavy (non-hydrogen) atoms. The molecular formula is C21H21N3O3. The summed E-state index contributed by atoms with van der Waals surface area (Å²) in [6.45, 7) is 2.73. The molecule has 0 saturated carbocycles. The van der Waals surface area contributed by atoms with Crippen molar-refractivity contribution in [2.24, 2.45) is 5.92 Å². The highest BCUT2D eigenvalue weighted by atomic mass is 16.3. The average Bonchev–Trinajstić information content (AvgIpc) is 3.26. The third-order valence-electron chi connectivity index (χ3n) is 4.89. The maximum atomic E-state index is 12.6. The number of amides is 2. The fourth-order valence-corrected chi connectivity index (χ4v) is 3.41. The molecule has 2 aromatic heterocycles. The second kappa shape index (κ2) is 7.23. The van der Waals surface area contributed by atoms with Gasteiger partial charge in [0.15, 0.2) is 0 Å². The molecule has 0 bridgehead atoms. The molecule has 3 aromatic rings. The summed E-state index contributed by atoms with van der Waals surface area (Å²) in [5, 5.41) is 3.98. The summed E-state index contributed by atoms with van der Waals surface area (Å²) in [6, 6.07) is 15.0. The van der Waals surface area contributed by atoms with Crippen molar-refractivity contribution < 1.29 is 14.0 Å². The molecule has 4 rings (SSSR count). The zero-order valence-corrected chi connectivity index (χ0v) is 15.1. The van der Waals surface area contributed by atoms with E-state index in [2.05, 4.69) is 10.3 Å². The fraction of sp³-hybridized carbons (Fsp3) is 0.286. The van der Waals surface area contributed by atoms with E-state index >= 15 is 0 Å². The highest BCUT2D eigenvalue weighted by Crippen LogP contribution is 2.25. The number of pyridine rings is 1. The molecule has 1 aliphatic heterocycles. The van der Waals surface area contributed by atoms with E-state index in [1.165, 1.54) is 0 Å². The summed E-state index contributed by atoms with van der Waals surface area (Å²) in [4.78, 5) is 30.8. The number of para-hydroxylation sites is 1. The van der Waals surface area contributed by atoms with Gasteiger partial charge in [-0.3, -0.25) is 14.6 Å². The Morgan fingerprint density at radius 3 is 2.89 bits per heavy atom. The highest BCUT2D eigenvalue weighted by Gasteiger charge is 2.35. The van der Waals surface area contributed by atoms with Gasteiger partial charge >= 0.3 is 0 Å². The van der Waals surface area contributed by atoms with Crippen molar-refractivity contribution in [3.8, 4) is 0 Å². The van der Waals surface area contributed by atoms with E-state index in [9.17, 15) is 9.59 Å². The number of aromatic nitrogens is 1. The molecule has 0 aliphatic carbocycles. The van der Waals surface area contributed by atoms with Crippen molar-refractivity contribution in [3.63, 3.8) is 0 Å². The predicted octanol–water partition coefficient (Wildman–Crippen LogP) is 3.05. The Labute approximate surface area is 157 Å². The third kappa shape index (κ3) is 3.69. The first-order valence-electron chi connectivity index (χ1n) is 9.06. The van der Waals surface area contributed by atoms with Crippen LogP contribution < -0.4 is 5.32 Å². The zero-order valence-electron chi connectivity index (χ0n) is 15.1. The van der Waals surface area contributed by atoms with Crippen molar-refractivity contribution in [1.29, 1.82) is 0 Å². The van der Waals surface area contributed by atoms with E-state index in [1.54, 1.807) is 11.1 Å². The molecule has 138 valence electrons. The molecule has 1 aromatic carbocycles. The van der Waals surface area contributed by atoms with Crippen LogP contribution in [0.1, 0.15) is 30.8 Å². The number of carbonyl (C=O) groups excluding carboxylic acids is 2. The second-order valence-electron chi connectivity index (χ2n) is 6.91. The smallest absolute Gasteiger partial charge is 0.226 e. The van der Waals surface area contributed by atoms with Crippen LogP contribution in [0, 0.1) is 5.92 Å².